The van der Waals surface area contributed by atoms with E-state index in [1.54, 1.807) is 43.4 Å². The Labute approximate surface area is 248 Å². The summed E-state index contributed by atoms with van der Waals surface area (Å²) in [7, 11) is 3.14. The fourth-order valence-corrected chi connectivity index (χ4v) is 5.57. The van der Waals surface area contributed by atoms with Gasteiger partial charge in [0.15, 0.2) is 6.04 Å². The molecule has 43 heavy (non-hydrogen) atoms. The molecule has 2 aromatic carbocycles. The van der Waals surface area contributed by atoms with E-state index in [0.717, 1.165) is 5.56 Å². The molecule has 12 nitrogen and oxygen atoms in total. The lowest BCUT2D eigenvalue weighted by atomic mass is 10.1. The van der Waals surface area contributed by atoms with E-state index in [1.165, 1.54) is 31.5 Å². The molecule has 13 heteroatoms. The maximum absolute atomic E-state index is 15.4. The molecule has 0 saturated carbocycles. The Balaban J connectivity index is 1.24. The normalized spacial score (nSPS) is 19.1. The van der Waals surface area contributed by atoms with E-state index in [1.807, 2.05) is 4.90 Å². The average molecular weight is 594 g/mol. The SMILES string of the molecule is COc1ccc(OC)c(CC(=O)N2CCN(c3ncc(-c4ccc([N+]5(C(C)C(N)=O)CCOC5=O)cc4F)cn3)CC2)c1. The van der Waals surface area contributed by atoms with Gasteiger partial charge in [-0.2, -0.15) is 9.28 Å². The number of hydrogen-bond acceptors (Lipinski definition) is 9. The van der Waals surface area contributed by atoms with Gasteiger partial charge in [-0.1, -0.05) is 0 Å². The minimum atomic E-state index is -0.927. The smallest absolute Gasteiger partial charge is 0.497 e. The highest BCUT2D eigenvalue weighted by Gasteiger charge is 2.53. The van der Waals surface area contributed by atoms with E-state index in [-0.39, 0.29) is 36.7 Å². The number of carbonyl (C=O) groups is 3. The summed E-state index contributed by atoms with van der Waals surface area (Å²) in [4.78, 5) is 50.3. The van der Waals surface area contributed by atoms with Crippen LogP contribution in [0.3, 0.4) is 0 Å². The van der Waals surface area contributed by atoms with Crippen molar-refractivity contribution in [2.24, 2.45) is 5.73 Å². The molecule has 5 rings (SSSR count). The van der Waals surface area contributed by atoms with Crippen LogP contribution in [0, 0.1) is 5.82 Å². The van der Waals surface area contributed by atoms with Crippen LogP contribution in [0.4, 0.5) is 20.8 Å². The fraction of sp³-hybridized carbons (Fsp3) is 0.367. The predicted molar refractivity (Wildman–Crippen MR) is 156 cm³/mol. The highest BCUT2D eigenvalue weighted by Crippen LogP contribution is 2.35. The monoisotopic (exact) mass is 593 g/mol. The van der Waals surface area contributed by atoms with Crippen molar-refractivity contribution in [2.45, 2.75) is 19.4 Å². The summed E-state index contributed by atoms with van der Waals surface area (Å²) in [5.41, 5.74) is 7.24. The van der Waals surface area contributed by atoms with Crippen LogP contribution < -0.4 is 24.6 Å². The number of nitrogens with two attached hydrogens (primary N) is 1. The van der Waals surface area contributed by atoms with E-state index < -0.39 is 28.3 Å². The number of hydrogen-bond donors (Lipinski definition) is 1. The Hall–Kier alpha value is -4.78. The predicted octanol–water partition coefficient (Wildman–Crippen LogP) is 2.52. The molecule has 2 atom stereocenters. The molecule has 1 aromatic heterocycles. The highest BCUT2D eigenvalue weighted by molar-refractivity contribution is 5.93. The third kappa shape index (κ3) is 5.67. The first kappa shape index (κ1) is 29.7. The molecule has 0 radical (unpaired) electrons. The highest BCUT2D eigenvalue weighted by atomic mass is 19.1. The number of carbonyl (C=O) groups excluding carboxylic acids is 3. The maximum Gasteiger partial charge on any atom is 0.522 e. The van der Waals surface area contributed by atoms with Crippen LogP contribution in [-0.2, 0) is 20.7 Å². The Morgan fingerprint density at radius 2 is 1.79 bits per heavy atom. The first-order chi connectivity index (χ1) is 20.7. The lowest BCUT2D eigenvalue weighted by Crippen LogP contribution is -2.61. The van der Waals surface area contributed by atoms with E-state index in [4.69, 9.17) is 19.9 Å². The summed E-state index contributed by atoms with van der Waals surface area (Å²) < 4.78 is 30.7. The molecule has 3 heterocycles. The maximum atomic E-state index is 15.4. The van der Waals surface area contributed by atoms with Gasteiger partial charge in [0.25, 0.3) is 5.91 Å². The van der Waals surface area contributed by atoms with Gasteiger partial charge in [0.2, 0.25) is 11.9 Å². The van der Waals surface area contributed by atoms with Crippen molar-refractivity contribution >= 4 is 29.5 Å². The molecule has 3 aromatic rings. The van der Waals surface area contributed by atoms with Crippen LogP contribution in [0.15, 0.2) is 48.8 Å². The molecule has 2 fully saturated rings. The summed E-state index contributed by atoms with van der Waals surface area (Å²) in [5.74, 6) is 0.466. The van der Waals surface area contributed by atoms with Gasteiger partial charge in [0, 0.05) is 67.4 Å². The van der Waals surface area contributed by atoms with Crippen LogP contribution in [0.25, 0.3) is 11.1 Å². The van der Waals surface area contributed by atoms with Crippen molar-refractivity contribution in [3.05, 3.63) is 60.2 Å². The first-order valence-electron chi connectivity index (χ1n) is 13.9. The lowest BCUT2D eigenvalue weighted by molar-refractivity contribution is -0.130. The zero-order chi connectivity index (χ0) is 30.7. The number of rotatable bonds is 9. The van der Waals surface area contributed by atoms with Gasteiger partial charge in [-0.05, 0) is 31.2 Å². The number of ether oxygens (including phenoxy) is 3. The number of piperazine rings is 1. The van der Waals surface area contributed by atoms with Crippen LogP contribution >= 0.6 is 0 Å². The van der Waals surface area contributed by atoms with Gasteiger partial charge < -0.3 is 29.7 Å². The third-order valence-corrected chi connectivity index (χ3v) is 8.18. The molecule has 226 valence electrons. The number of anilines is 1. The number of halogens is 1. The number of methoxy groups -OCH3 is 2. The van der Waals surface area contributed by atoms with Crippen LogP contribution in [0.1, 0.15) is 12.5 Å². The molecule has 0 spiro atoms. The summed E-state index contributed by atoms with van der Waals surface area (Å²) in [6.45, 7) is 3.88. The van der Waals surface area contributed by atoms with Crippen LogP contribution in [-0.4, -0.2) is 92.4 Å². The number of quaternary nitrogens is 1. The van der Waals surface area contributed by atoms with Crippen molar-refractivity contribution in [2.75, 3.05) is 58.5 Å². The quantitative estimate of drug-likeness (QED) is 0.371. The zero-order valence-corrected chi connectivity index (χ0v) is 24.3. The van der Waals surface area contributed by atoms with Crippen molar-refractivity contribution in [3.63, 3.8) is 0 Å². The van der Waals surface area contributed by atoms with Gasteiger partial charge in [-0.25, -0.2) is 14.4 Å². The Bertz CT molecular complexity index is 1530. The summed E-state index contributed by atoms with van der Waals surface area (Å²) >= 11 is 0. The Morgan fingerprint density at radius 1 is 1.07 bits per heavy atom. The van der Waals surface area contributed by atoms with Crippen LogP contribution in [0.5, 0.6) is 11.5 Å². The summed E-state index contributed by atoms with van der Waals surface area (Å²) in [6, 6.07) is 8.80. The van der Waals surface area contributed by atoms with Gasteiger partial charge in [-0.3, -0.25) is 9.59 Å². The zero-order valence-electron chi connectivity index (χ0n) is 24.3. The van der Waals surface area contributed by atoms with E-state index in [9.17, 15) is 14.4 Å². The molecule has 0 aliphatic carbocycles. The topological polar surface area (TPSA) is 137 Å². The van der Waals surface area contributed by atoms with Gasteiger partial charge in [0.05, 0.1) is 20.6 Å². The van der Waals surface area contributed by atoms with Gasteiger partial charge in [0.1, 0.15) is 36.2 Å². The minimum absolute atomic E-state index is 0.0158. The van der Waals surface area contributed by atoms with Gasteiger partial charge in [-0.15, -0.1) is 0 Å². The number of cyclic esters (lactones) is 1. The first-order valence-corrected chi connectivity index (χ1v) is 13.9. The molecule has 2 unspecified atom stereocenters. The Morgan fingerprint density at radius 3 is 2.37 bits per heavy atom. The average Bonchev–Trinajstić information content (AvgIpc) is 3.42. The molecule has 2 aliphatic heterocycles. The fourth-order valence-electron chi connectivity index (χ4n) is 5.57. The molecular weight excluding hydrogens is 559 g/mol. The number of aromatic nitrogens is 2. The van der Waals surface area contributed by atoms with E-state index >= 15 is 4.39 Å². The second kappa shape index (κ2) is 12.2. The number of nitrogens with zero attached hydrogens (tertiary/aromatic N) is 5. The number of amides is 3. The molecule has 2 saturated heterocycles. The summed E-state index contributed by atoms with van der Waals surface area (Å²) in [6.07, 6.45) is 2.62. The molecule has 2 N–H and O–H groups in total. The minimum Gasteiger partial charge on any atom is -0.497 e. The molecule has 0 bridgehead atoms. The third-order valence-electron chi connectivity index (χ3n) is 8.18. The van der Waals surface area contributed by atoms with Crippen molar-refractivity contribution in [1.82, 2.24) is 19.4 Å². The van der Waals surface area contributed by atoms with E-state index in [0.29, 0.717) is 49.2 Å². The van der Waals surface area contributed by atoms with Crippen molar-refractivity contribution in [1.29, 1.82) is 0 Å². The van der Waals surface area contributed by atoms with Gasteiger partial charge >= 0.3 is 6.09 Å². The second-order valence-corrected chi connectivity index (χ2v) is 10.4. The second-order valence-electron chi connectivity index (χ2n) is 10.4. The molecular formula is C30H34FN6O6+. The molecule has 3 amide bonds. The summed E-state index contributed by atoms with van der Waals surface area (Å²) in [5, 5.41) is 0. The Kier molecular flexibility index (Phi) is 8.44. The largest absolute Gasteiger partial charge is 0.522 e. The number of primary amides is 1. The number of benzene rings is 2. The standard InChI is InChI=1S/C30H33FN6O6/c1-19(28(32)39)37(12-13-43-30(37)40)22-4-6-24(25(31)16-22)21-17-33-29(34-18-21)36-10-8-35(9-11-36)27(38)15-20-14-23(41-2)5-7-26(20)42-3/h4-7,14,16-19H,8-13,15H2,1-3H3,(H-,32,39)/p+1. The molecule has 2 aliphatic rings. The van der Waals surface area contributed by atoms with E-state index in [2.05, 4.69) is 9.97 Å². The lowest BCUT2D eigenvalue weighted by Gasteiger charge is -2.35. The van der Waals surface area contributed by atoms with Crippen molar-refractivity contribution < 1.29 is 33.0 Å². The van der Waals surface area contributed by atoms with Crippen molar-refractivity contribution in [3.8, 4) is 22.6 Å². The van der Waals surface area contributed by atoms with Crippen LogP contribution in [0.2, 0.25) is 0 Å².